The van der Waals surface area contributed by atoms with Crippen molar-refractivity contribution in [2.24, 2.45) is 0 Å². The van der Waals surface area contributed by atoms with Crippen LogP contribution in [0.5, 0.6) is 5.75 Å². The van der Waals surface area contributed by atoms with E-state index in [1.165, 1.54) is 12.1 Å². The van der Waals surface area contributed by atoms with Gasteiger partial charge in [0.15, 0.2) is 0 Å². The molecule has 0 atom stereocenters. The first-order chi connectivity index (χ1) is 16.6. The van der Waals surface area contributed by atoms with Crippen molar-refractivity contribution in [2.45, 2.75) is 33.2 Å². The summed E-state index contributed by atoms with van der Waals surface area (Å²) in [7, 11) is 0. The number of halogens is 3. The summed E-state index contributed by atoms with van der Waals surface area (Å²) >= 11 is 0. The van der Waals surface area contributed by atoms with E-state index in [1.54, 1.807) is 26.0 Å². The first-order valence-electron chi connectivity index (χ1n) is 10.4. The molecule has 4 rings (SSSR count). The summed E-state index contributed by atoms with van der Waals surface area (Å²) < 4.78 is 55.3. The van der Waals surface area contributed by atoms with Crippen molar-refractivity contribution in [3.8, 4) is 17.2 Å². The quantitative estimate of drug-likeness (QED) is 0.402. The second-order valence-corrected chi connectivity index (χ2v) is 7.79. The van der Waals surface area contributed by atoms with Gasteiger partial charge in [-0.05, 0) is 61.4 Å². The molecule has 2 heterocycles. The van der Waals surface area contributed by atoms with Crippen molar-refractivity contribution < 1.29 is 26.8 Å². The summed E-state index contributed by atoms with van der Waals surface area (Å²) in [6, 6.07) is 11.7. The Labute approximate surface area is 196 Å². The number of nitrogens with zero attached hydrogens (tertiary/aromatic N) is 2. The molecule has 182 valence electrons. The number of H-pyrrole nitrogens is 1. The van der Waals surface area contributed by atoms with Crippen LogP contribution in [0.4, 0.5) is 13.2 Å². The van der Waals surface area contributed by atoms with Gasteiger partial charge in [0.25, 0.3) is 0 Å². The van der Waals surface area contributed by atoms with Crippen LogP contribution in [0.1, 0.15) is 29.5 Å². The number of hydrogen-bond donors (Lipinski definition) is 1. The number of oxazole rings is 1. The number of aromatic nitrogens is 3. The lowest BCUT2D eigenvalue weighted by Gasteiger charge is -2.06. The fraction of sp³-hybridized carbons (Fsp3) is 0.208. The van der Waals surface area contributed by atoms with Gasteiger partial charge in [-0.2, -0.15) is 13.2 Å². The molecule has 0 amide bonds. The molecule has 0 aliphatic carbocycles. The van der Waals surface area contributed by atoms with Gasteiger partial charge in [0.2, 0.25) is 5.89 Å². The van der Waals surface area contributed by atoms with Crippen molar-refractivity contribution in [3.05, 3.63) is 97.7 Å². The van der Waals surface area contributed by atoms with Crippen molar-refractivity contribution in [3.63, 3.8) is 0 Å². The highest BCUT2D eigenvalue weighted by atomic mass is 19.4. The summed E-state index contributed by atoms with van der Waals surface area (Å²) in [6.07, 6.45) is -2.57. The number of benzene rings is 2. The van der Waals surface area contributed by atoms with E-state index >= 15 is 0 Å². The van der Waals surface area contributed by atoms with E-state index in [-0.39, 0.29) is 19.0 Å². The maximum Gasteiger partial charge on any atom is 0.440 e. The van der Waals surface area contributed by atoms with Crippen LogP contribution in [-0.4, -0.2) is 14.7 Å². The molecule has 0 bridgehead atoms. The topological polar surface area (TPSA) is 103 Å². The molecular formula is C24H20F3N3O5. The first kappa shape index (κ1) is 23.9. The Bertz CT molecular complexity index is 1460. The van der Waals surface area contributed by atoms with Gasteiger partial charge in [-0.3, -0.25) is 0 Å². The summed E-state index contributed by atoms with van der Waals surface area (Å²) in [5, 5.41) is 0. The standard InChI is InChI=1S/C24H20F3N3O5/c1-14(12-30-22(31)29-23(32)35-30)11-16-3-9-19(10-4-16)33-13-20-15(2)34-21(28-20)17-5-7-18(8-6-17)24(25,26)27/h3-11H,12-13H2,1-2H3,(H,29,31,32)/b14-11+. The number of aromatic amines is 1. The third-order valence-corrected chi connectivity index (χ3v) is 5.04. The second kappa shape index (κ2) is 9.53. The largest absolute Gasteiger partial charge is 0.487 e. The highest BCUT2D eigenvalue weighted by molar-refractivity contribution is 5.55. The zero-order valence-electron chi connectivity index (χ0n) is 18.7. The van der Waals surface area contributed by atoms with Gasteiger partial charge in [-0.15, -0.1) is 4.74 Å². The van der Waals surface area contributed by atoms with Gasteiger partial charge in [0.1, 0.15) is 23.8 Å². The molecule has 0 saturated carbocycles. The van der Waals surface area contributed by atoms with Crippen LogP contribution in [0.15, 0.2) is 72.6 Å². The molecule has 1 N–H and O–H groups in total. The van der Waals surface area contributed by atoms with E-state index in [0.29, 0.717) is 22.8 Å². The number of hydrogen-bond acceptors (Lipinski definition) is 6. The van der Waals surface area contributed by atoms with Gasteiger partial charge in [-0.1, -0.05) is 18.2 Å². The fourth-order valence-corrected chi connectivity index (χ4v) is 3.27. The molecule has 0 aliphatic heterocycles. The minimum atomic E-state index is -4.41. The zero-order valence-corrected chi connectivity index (χ0v) is 18.7. The summed E-state index contributed by atoms with van der Waals surface area (Å²) in [4.78, 5) is 29.0. The molecule has 8 nitrogen and oxygen atoms in total. The Balaban J connectivity index is 1.38. The molecule has 4 aromatic rings. The van der Waals surface area contributed by atoms with Gasteiger partial charge in [0, 0.05) is 5.56 Å². The predicted molar refractivity (Wildman–Crippen MR) is 120 cm³/mol. The van der Waals surface area contributed by atoms with Crippen LogP contribution in [0.25, 0.3) is 17.5 Å². The van der Waals surface area contributed by atoms with E-state index in [4.69, 9.17) is 13.7 Å². The van der Waals surface area contributed by atoms with E-state index in [2.05, 4.69) is 4.98 Å². The fourth-order valence-electron chi connectivity index (χ4n) is 3.27. The molecule has 0 aliphatic rings. The Kier molecular flexibility index (Phi) is 6.50. The normalized spacial score (nSPS) is 12.2. The maximum absolute atomic E-state index is 12.8. The maximum atomic E-state index is 12.8. The van der Waals surface area contributed by atoms with Crippen LogP contribution in [0.2, 0.25) is 0 Å². The van der Waals surface area contributed by atoms with Crippen LogP contribution < -0.4 is 16.2 Å². The number of alkyl halides is 3. The molecule has 0 unspecified atom stereocenters. The molecular weight excluding hydrogens is 467 g/mol. The Morgan fingerprint density at radius 3 is 2.40 bits per heavy atom. The molecule has 0 radical (unpaired) electrons. The molecule has 2 aromatic heterocycles. The minimum Gasteiger partial charge on any atom is -0.487 e. The third kappa shape index (κ3) is 5.81. The van der Waals surface area contributed by atoms with E-state index in [1.807, 2.05) is 23.2 Å². The SMILES string of the molecule is C/C(=C\c1ccc(OCc2nc(-c3ccc(C(F)(F)F)cc3)oc2C)cc1)Cn1oc(=O)[nH]c1=O. The van der Waals surface area contributed by atoms with Crippen LogP contribution in [-0.2, 0) is 19.3 Å². The number of aryl methyl sites for hydroxylation is 1. The van der Waals surface area contributed by atoms with Crippen molar-refractivity contribution in [1.29, 1.82) is 0 Å². The molecule has 2 aromatic carbocycles. The Morgan fingerprint density at radius 2 is 1.80 bits per heavy atom. The number of rotatable bonds is 7. The zero-order chi connectivity index (χ0) is 25.2. The number of nitrogens with one attached hydrogen (secondary N) is 1. The van der Waals surface area contributed by atoms with E-state index in [9.17, 15) is 22.8 Å². The molecule has 0 spiro atoms. The van der Waals surface area contributed by atoms with Crippen molar-refractivity contribution >= 4 is 6.08 Å². The highest BCUT2D eigenvalue weighted by Gasteiger charge is 2.30. The van der Waals surface area contributed by atoms with E-state index in [0.717, 1.165) is 28.0 Å². The lowest BCUT2D eigenvalue weighted by atomic mass is 10.1. The van der Waals surface area contributed by atoms with E-state index < -0.39 is 23.2 Å². The third-order valence-electron chi connectivity index (χ3n) is 5.04. The molecule has 0 saturated heterocycles. The van der Waals surface area contributed by atoms with Crippen molar-refractivity contribution in [1.82, 2.24) is 14.7 Å². The Morgan fingerprint density at radius 1 is 1.11 bits per heavy atom. The number of allylic oxidation sites excluding steroid dienone is 1. The van der Waals surface area contributed by atoms with Crippen LogP contribution >= 0.6 is 0 Å². The first-order valence-corrected chi connectivity index (χ1v) is 10.4. The van der Waals surface area contributed by atoms with Crippen molar-refractivity contribution in [2.75, 3.05) is 0 Å². The second-order valence-electron chi connectivity index (χ2n) is 7.79. The van der Waals surface area contributed by atoms with Gasteiger partial charge < -0.3 is 13.7 Å². The highest BCUT2D eigenvalue weighted by Crippen LogP contribution is 2.31. The minimum absolute atomic E-state index is 0.111. The van der Waals surface area contributed by atoms with Gasteiger partial charge >= 0.3 is 17.6 Å². The molecule has 11 heteroatoms. The average Bonchev–Trinajstić information content (AvgIpc) is 3.33. The van der Waals surface area contributed by atoms with Gasteiger partial charge in [-0.25, -0.2) is 19.6 Å². The van der Waals surface area contributed by atoms with Crippen LogP contribution in [0.3, 0.4) is 0 Å². The predicted octanol–water partition coefficient (Wildman–Crippen LogP) is 4.79. The average molecular weight is 487 g/mol. The van der Waals surface area contributed by atoms with Gasteiger partial charge in [0.05, 0.1) is 12.1 Å². The number of ether oxygens (including phenoxy) is 1. The van der Waals surface area contributed by atoms with Crippen LogP contribution in [0, 0.1) is 6.92 Å². The summed E-state index contributed by atoms with van der Waals surface area (Å²) in [5.74, 6) is 0.481. The smallest absolute Gasteiger partial charge is 0.440 e. The Hall–Kier alpha value is -4.28. The molecule has 0 fully saturated rings. The summed E-state index contributed by atoms with van der Waals surface area (Å²) in [6.45, 7) is 3.74. The monoisotopic (exact) mass is 487 g/mol. The molecule has 35 heavy (non-hydrogen) atoms. The lowest BCUT2D eigenvalue weighted by molar-refractivity contribution is -0.137. The summed E-state index contributed by atoms with van der Waals surface area (Å²) in [5.41, 5.74) is 1.24. The lowest BCUT2D eigenvalue weighted by Crippen LogP contribution is -2.17.